The molecule has 0 aliphatic carbocycles. The molecule has 0 N–H and O–H groups in total. The maximum atomic E-state index is 6.11. The van der Waals surface area contributed by atoms with E-state index < -0.39 is 0 Å². The van der Waals surface area contributed by atoms with Gasteiger partial charge in [-0.2, -0.15) is 0 Å². The minimum absolute atomic E-state index is 0. The van der Waals surface area contributed by atoms with Gasteiger partial charge in [0.2, 0.25) is 0 Å². The molecule has 0 aromatic heterocycles. The number of hydrogen-bond acceptors (Lipinski definition) is 0. The SMILES string of the molecule is CCCCCCCCCC[N+](C)(CCCCCCCCCC)Cc1ccc(Cl)cc1.[Cl-]. The van der Waals surface area contributed by atoms with E-state index in [0.29, 0.717) is 0 Å². The standard InChI is InChI=1S/C28H51ClN.ClH/c1-4-6-8-10-12-14-16-18-24-30(3,26-27-20-22-28(29)23-21-27)25-19-17-15-13-11-9-7-5-2;/h20-23H,4-19,24-26H2,1-3H3;1H/q+1;/p-1. The molecule has 0 spiro atoms. The molecule has 1 aromatic carbocycles. The third-order valence-corrected chi connectivity index (χ3v) is 6.83. The first kappa shape index (κ1) is 30.8. The molecule has 3 heteroatoms. The van der Waals surface area contributed by atoms with Gasteiger partial charge >= 0.3 is 0 Å². The number of quaternary nitrogens is 1. The molecule has 0 radical (unpaired) electrons. The Morgan fingerprint density at radius 3 is 1.32 bits per heavy atom. The molecule has 0 heterocycles. The largest absolute Gasteiger partial charge is 1.00 e. The van der Waals surface area contributed by atoms with Crippen LogP contribution in [0.2, 0.25) is 5.02 Å². The van der Waals surface area contributed by atoms with Gasteiger partial charge in [-0.05, 0) is 37.8 Å². The lowest BCUT2D eigenvalue weighted by atomic mass is 10.1. The summed E-state index contributed by atoms with van der Waals surface area (Å²) >= 11 is 6.11. The predicted molar refractivity (Wildman–Crippen MR) is 136 cm³/mol. The van der Waals surface area contributed by atoms with Crippen LogP contribution in [-0.4, -0.2) is 24.6 Å². The lowest BCUT2D eigenvalue weighted by Gasteiger charge is -2.35. The second kappa shape index (κ2) is 20.4. The number of unbranched alkanes of at least 4 members (excludes halogenated alkanes) is 14. The number of nitrogens with zero attached hydrogens (tertiary/aromatic N) is 1. The molecule has 0 atom stereocenters. The summed E-state index contributed by atoms with van der Waals surface area (Å²) in [5, 5.41) is 0.846. The van der Waals surface area contributed by atoms with Crippen molar-refractivity contribution in [3.05, 3.63) is 34.9 Å². The third kappa shape index (κ3) is 17.0. The van der Waals surface area contributed by atoms with E-state index in [1.54, 1.807) is 0 Å². The van der Waals surface area contributed by atoms with Gasteiger partial charge < -0.3 is 16.9 Å². The first-order chi connectivity index (χ1) is 14.6. The highest BCUT2D eigenvalue weighted by Gasteiger charge is 2.21. The Balaban J connectivity index is 0.00000900. The summed E-state index contributed by atoms with van der Waals surface area (Å²) < 4.78 is 1.19. The molecule has 1 rings (SSSR count). The van der Waals surface area contributed by atoms with Crippen molar-refractivity contribution in [2.45, 2.75) is 123 Å². The van der Waals surface area contributed by atoms with Crippen molar-refractivity contribution in [1.82, 2.24) is 0 Å². The normalized spacial score (nSPS) is 11.5. The summed E-state index contributed by atoms with van der Waals surface area (Å²) in [5.41, 5.74) is 1.43. The molecule has 1 nitrogen and oxygen atoms in total. The van der Waals surface area contributed by atoms with E-state index in [1.807, 2.05) is 12.1 Å². The number of rotatable bonds is 20. The van der Waals surface area contributed by atoms with Crippen molar-refractivity contribution in [2.75, 3.05) is 20.1 Å². The highest BCUT2D eigenvalue weighted by Crippen LogP contribution is 2.19. The van der Waals surface area contributed by atoms with E-state index in [-0.39, 0.29) is 12.4 Å². The molecule has 0 unspecified atom stereocenters. The Morgan fingerprint density at radius 1 is 0.581 bits per heavy atom. The van der Waals surface area contributed by atoms with Gasteiger partial charge in [-0.1, -0.05) is 115 Å². The number of hydrogen-bond donors (Lipinski definition) is 0. The minimum Gasteiger partial charge on any atom is -1.00 e. The van der Waals surface area contributed by atoms with Crippen LogP contribution in [0.5, 0.6) is 0 Å². The zero-order valence-corrected chi connectivity index (χ0v) is 22.5. The van der Waals surface area contributed by atoms with Crippen molar-refractivity contribution < 1.29 is 16.9 Å². The zero-order valence-electron chi connectivity index (χ0n) is 20.9. The first-order valence-electron chi connectivity index (χ1n) is 13.2. The van der Waals surface area contributed by atoms with Crippen LogP contribution in [-0.2, 0) is 6.54 Å². The Kier molecular flexibility index (Phi) is 20.2. The number of halogens is 2. The first-order valence-corrected chi connectivity index (χ1v) is 13.6. The molecule has 1 aromatic rings. The second-order valence-electron chi connectivity index (χ2n) is 9.80. The molecule has 0 aliphatic heterocycles. The van der Waals surface area contributed by atoms with Crippen LogP contribution in [0.4, 0.5) is 0 Å². The highest BCUT2D eigenvalue weighted by molar-refractivity contribution is 6.30. The molecule has 0 aliphatic rings. The van der Waals surface area contributed by atoms with Crippen molar-refractivity contribution in [3.63, 3.8) is 0 Å². The van der Waals surface area contributed by atoms with Crippen molar-refractivity contribution >= 4 is 11.6 Å². The molecule has 0 fully saturated rings. The highest BCUT2D eigenvalue weighted by atomic mass is 35.5. The van der Waals surface area contributed by atoms with Crippen LogP contribution in [0.25, 0.3) is 0 Å². The smallest absolute Gasteiger partial charge is 0.104 e. The molecule has 31 heavy (non-hydrogen) atoms. The van der Waals surface area contributed by atoms with Crippen LogP contribution >= 0.6 is 11.6 Å². The van der Waals surface area contributed by atoms with Gasteiger partial charge in [-0.25, -0.2) is 0 Å². The molecule has 0 saturated heterocycles. The van der Waals surface area contributed by atoms with Crippen LogP contribution in [0.15, 0.2) is 24.3 Å². The van der Waals surface area contributed by atoms with E-state index in [1.165, 1.54) is 126 Å². The summed E-state index contributed by atoms with van der Waals surface area (Å²) in [4.78, 5) is 0. The fourth-order valence-corrected chi connectivity index (χ4v) is 4.68. The van der Waals surface area contributed by atoms with Gasteiger partial charge in [-0.3, -0.25) is 0 Å². The fourth-order valence-electron chi connectivity index (χ4n) is 4.56. The van der Waals surface area contributed by atoms with Gasteiger partial charge in [0.25, 0.3) is 0 Å². The van der Waals surface area contributed by atoms with E-state index in [9.17, 15) is 0 Å². The van der Waals surface area contributed by atoms with Gasteiger partial charge in [-0.15, -0.1) is 0 Å². The Morgan fingerprint density at radius 2 is 0.935 bits per heavy atom. The van der Waals surface area contributed by atoms with Gasteiger partial charge in [0.05, 0.1) is 20.1 Å². The monoisotopic (exact) mass is 471 g/mol. The maximum Gasteiger partial charge on any atom is 0.104 e. The van der Waals surface area contributed by atoms with Crippen molar-refractivity contribution in [3.8, 4) is 0 Å². The van der Waals surface area contributed by atoms with Crippen LogP contribution < -0.4 is 12.4 Å². The van der Waals surface area contributed by atoms with E-state index in [4.69, 9.17) is 11.6 Å². The Labute approximate surface area is 206 Å². The van der Waals surface area contributed by atoms with E-state index in [2.05, 4.69) is 33.0 Å². The second-order valence-corrected chi connectivity index (χ2v) is 10.2. The van der Waals surface area contributed by atoms with Crippen molar-refractivity contribution in [1.29, 1.82) is 0 Å². The summed E-state index contributed by atoms with van der Waals surface area (Å²) in [6.45, 7) is 8.37. The summed E-state index contributed by atoms with van der Waals surface area (Å²) in [5.74, 6) is 0. The van der Waals surface area contributed by atoms with E-state index in [0.717, 1.165) is 11.6 Å². The molecule has 182 valence electrons. The fraction of sp³-hybridized carbons (Fsp3) is 0.786. The molecular formula is C28H51Cl2N. The molecule has 0 amide bonds. The summed E-state index contributed by atoms with van der Waals surface area (Å²) in [6, 6.07) is 8.54. The third-order valence-electron chi connectivity index (χ3n) is 6.58. The van der Waals surface area contributed by atoms with Crippen LogP contribution in [0, 0.1) is 0 Å². The Bertz CT molecular complexity index is 480. The van der Waals surface area contributed by atoms with Gasteiger partial charge in [0, 0.05) is 10.6 Å². The zero-order chi connectivity index (χ0) is 21.9. The topological polar surface area (TPSA) is 0 Å². The minimum atomic E-state index is 0. The lowest BCUT2D eigenvalue weighted by Crippen LogP contribution is -3.00. The predicted octanol–water partition coefficient (Wildman–Crippen LogP) is 6.57. The molecule has 0 bridgehead atoms. The molecule has 0 saturated carbocycles. The lowest BCUT2D eigenvalue weighted by molar-refractivity contribution is -0.923. The van der Waals surface area contributed by atoms with E-state index >= 15 is 0 Å². The van der Waals surface area contributed by atoms with Crippen LogP contribution in [0.1, 0.15) is 122 Å². The van der Waals surface area contributed by atoms with Gasteiger partial charge in [0.15, 0.2) is 0 Å². The van der Waals surface area contributed by atoms with Gasteiger partial charge in [0.1, 0.15) is 6.54 Å². The average Bonchev–Trinajstić information content (AvgIpc) is 2.74. The average molecular weight is 473 g/mol. The maximum absolute atomic E-state index is 6.11. The van der Waals surface area contributed by atoms with Crippen molar-refractivity contribution in [2.24, 2.45) is 0 Å². The quantitative estimate of drug-likeness (QED) is 0.149. The summed E-state index contributed by atoms with van der Waals surface area (Å²) in [7, 11) is 2.48. The molecular weight excluding hydrogens is 421 g/mol. The van der Waals surface area contributed by atoms with Crippen LogP contribution in [0.3, 0.4) is 0 Å². The Hall–Kier alpha value is -0.240. The summed E-state index contributed by atoms with van der Waals surface area (Å²) in [6.07, 6.45) is 22.5. The number of benzene rings is 1.